The van der Waals surface area contributed by atoms with Crippen molar-refractivity contribution in [1.29, 1.82) is 0 Å². The summed E-state index contributed by atoms with van der Waals surface area (Å²) in [5.41, 5.74) is 0.952. The monoisotopic (exact) mass is 292 g/mol. The number of carboxylic acid groups (broad SMARTS) is 1. The second-order valence-electron chi connectivity index (χ2n) is 4.83. The molecule has 1 rings (SSSR count). The molecule has 0 aromatic heterocycles. The van der Waals surface area contributed by atoms with E-state index in [0.717, 1.165) is 44.1 Å². The van der Waals surface area contributed by atoms with Gasteiger partial charge in [0, 0.05) is 18.4 Å². The van der Waals surface area contributed by atoms with Crippen LogP contribution in [0.5, 0.6) is 0 Å². The van der Waals surface area contributed by atoms with Crippen molar-refractivity contribution in [2.45, 2.75) is 44.9 Å². The van der Waals surface area contributed by atoms with Gasteiger partial charge in [0.1, 0.15) is 0 Å². The van der Waals surface area contributed by atoms with Crippen molar-refractivity contribution in [3.63, 3.8) is 0 Å². The van der Waals surface area contributed by atoms with Crippen LogP contribution in [0.25, 0.3) is 0 Å². The van der Waals surface area contributed by atoms with Gasteiger partial charge in [0.2, 0.25) is 0 Å². The highest BCUT2D eigenvalue weighted by atomic mass is 16.4. The number of hydrogen-bond donors (Lipinski definition) is 1. The summed E-state index contributed by atoms with van der Waals surface area (Å²) < 4.78 is 0. The van der Waals surface area contributed by atoms with Crippen LogP contribution in [0.1, 0.15) is 50.5 Å². The molecule has 1 aromatic rings. The summed E-state index contributed by atoms with van der Waals surface area (Å²) in [6.07, 6.45) is 6.07. The Bertz CT molecular complexity index is 625. The zero-order valence-corrected chi connectivity index (χ0v) is 12.7. The van der Waals surface area contributed by atoms with Gasteiger partial charge < -0.3 is 5.11 Å². The molecule has 0 spiro atoms. The van der Waals surface area contributed by atoms with Crippen LogP contribution in [0.4, 0.5) is 0 Å². The molecule has 0 bridgehead atoms. The summed E-state index contributed by atoms with van der Waals surface area (Å²) in [6.45, 7) is 0. The van der Waals surface area contributed by atoms with E-state index in [2.05, 4.69) is 35.5 Å². The van der Waals surface area contributed by atoms with Crippen molar-refractivity contribution < 1.29 is 9.90 Å². The first-order valence-corrected chi connectivity index (χ1v) is 7.55. The molecule has 1 N–H and O–H groups in total. The van der Waals surface area contributed by atoms with Crippen molar-refractivity contribution in [2.75, 3.05) is 0 Å². The minimum Gasteiger partial charge on any atom is -0.481 e. The summed E-state index contributed by atoms with van der Waals surface area (Å²) in [5, 5.41) is 8.50. The summed E-state index contributed by atoms with van der Waals surface area (Å²) in [7, 11) is 0. The third-order valence-electron chi connectivity index (χ3n) is 2.95. The summed E-state index contributed by atoms with van der Waals surface area (Å²) >= 11 is 0. The van der Waals surface area contributed by atoms with E-state index in [1.807, 2.05) is 30.3 Å². The van der Waals surface area contributed by atoms with Crippen molar-refractivity contribution in [1.82, 2.24) is 0 Å². The van der Waals surface area contributed by atoms with E-state index in [9.17, 15) is 4.79 Å². The molecule has 0 unspecified atom stereocenters. The van der Waals surface area contributed by atoms with E-state index < -0.39 is 5.97 Å². The smallest absolute Gasteiger partial charge is 0.303 e. The molecule has 0 heterocycles. The van der Waals surface area contributed by atoms with Crippen molar-refractivity contribution in [3.05, 3.63) is 35.9 Å². The van der Waals surface area contributed by atoms with Gasteiger partial charge in [-0.3, -0.25) is 4.79 Å². The molecule has 0 fully saturated rings. The maximum atomic E-state index is 10.3. The molecule has 0 saturated carbocycles. The van der Waals surface area contributed by atoms with E-state index in [-0.39, 0.29) is 6.42 Å². The average Bonchev–Trinajstić information content (AvgIpc) is 2.52. The second kappa shape index (κ2) is 12.1. The second-order valence-corrected chi connectivity index (χ2v) is 4.83. The Hall–Kier alpha value is -2.63. The third kappa shape index (κ3) is 10.2. The number of hydrogen-bond acceptors (Lipinski definition) is 1. The molecule has 2 heteroatoms. The van der Waals surface area contributed by atoms with Crippen LogP contribution in [0.2, 0.25) is 0 Å². The van der Waals surface area contributed by atoms with Crippen LogP contribution < -0.4 is 0 Å². The predicted molar refractivity (Wildman–Crippen MR) is 88.8 cm³/mol. The molecule has 2 nitrogen and oxygen atoms in total. The minimum atomic E-state index is -0.709. The average molecular weight is 292 g/mol. The topological polar surface area (TPSA) is 37.3 Å². The van der Waals surface area contributed by atoms with Crippen LogP contribution in [0, 0.1) is 35.5 Å². The first kappa shape index (κ1) is 17.4. The summed E-state index contributed by atoms with van der Waals surface area (Å²) in [5.74, 6) is 16.3. The van der Waals surface area contributed by atoms with Crippen LogP contribution in [0.3, 0.4) is 0 Å². The van der Waals surface area contributed by atoms with E-state index >= 15 is 0 Å². The quantitative estimate of drug-likeness (QED) is 0.612. The van der Waals surface area contributed by atoms with Crippen molar-refractivity contribution in [3.8, 4) is 35.5 Å². The van der Waals surface area contributed by atoms with Crippen molar-refractivity contribution in [2.24, 2.45) is 0 Å². The number of carbonyl (C=O) groups is 1. The zero-order chi connectivity index (χ0) is 15.9. The van der Waals surface area contributed by atoms with Crippen LogP contribution >= 0.6 is 0 Å². The Kier molecular flexibility index (Phi) is 9.61. The number of carboxylic acids is 1. The number of benzene rings is 1. The fourth-order valence-electron chi connectivity index (χ4n) is 1.81. The van der Waals surface area contributed by atoms with Crippen LogP contribution in [-0.2, 0) is 4.79 Å². The highest BCUT2D eigenvalue weighted by Gasteiger charge is 1.95. The Morgan fingerprint density at radius 1 is 0.864 bits per heavy atom. The molecule has 1 aromatic carbocycles. The van der Waals surface area contributed by atoms with Crippen LogP contribution in [-0.4, -0.2) is 11.1 Å². The zero-order valence-electron chi connectivity index (χ0n) is 12.7. The van der Waals surface area contributed by atoms with E-state index in [1.165, 1.54) is 0 Å². The van der Waals surface area contributed by atoms with E-state index in [4.69, 9.17) is 5.11 Å². The fourth-order valence-corrected chi connectivity index (χ4v) is 1.81. The lowest BCUT2D eigenvalue weighted by Gasteiger charge is -1.96. The summed E-state index contributed by atoms with van der Waals surface area (Å²) in [4.78, 5) is 10.3. The van der Waals surface area contributed by atoms with E-state index in [1.54, 1.807) is 0 Å². The van der Waals surface area contributed by atoms with Gasteiger partial charge in [-0.25, -0.2) is 0 Å². The largest absolute Gasteiger partial charge is 0.481 e. The molecule has 0 radical (unpaired) electrons. The third-order valence-corrected chi connectivity index (χ3v) is 2.95. The highest BCUT2D eigenvalue weighted by molar-refractivity contribution is 5.66. The Morgan fingerprint density at radius 2 is 1.55 bits per heavy atom. The first-order valence-electron chi connectivity index (χ1n) is 7.55. The molecule has 0 atom stereocenters. The molecule has 0 amide bonds. The molecule has 0 saturated heterocycles. The molecule has 22 heavy (non-hydrogen) atoms. The Morgan fingerprint density at radius 3 is 2.32 bits per heavy atom. The van der Waals surface area contributed by atoms with Gasteiger partial charge in [-0.15, -0.1) is 0 Å². The number of unbranched alkanes of at least 4 members (excludes halogenated alkanes) is 5. The molecule has 112 valence electrons. The van der Waals surface area contributed by atoms with Gasteiger partial charge in [-0.2, -0.15) is 0 Å². The van der Waals surface area contributed by atoms with E-state index in [0.29, 0.717) is 0 Å². The van der Waals surface area contributed by atoms with Gasteiger partial charge in [-0.05, 0) is 48.7 Å². The van der Waals surface area contributed by atoms with Gasteiger partial charge in [0.15, 0.2) is 0 Å². The number of aliphatic carboxylic acids is 1. The fraction of sp³-hybridized carbons (Fsp3) is 0.350. The Balaban J connectivity index is 2.08. The SMILES string of the molecule is O=C(O)CCCCCCCC#CC#CC#Cc1ccccc1. The highest BCUT2D eigenvalue weighted by Crippen LogP contribution is 2.06. The van der Waals surface area contributed by atoms with Gasteiger partial charge in [-0.1, -0.05) is 49.3 Å². The molecular formula is C20H20O2. The minimum absolute atomic E-state index is 0.277. The molecule has 0 aliphatic carbocycles. The van der Waals surface area contributed by atoms with Crippen molar-refractivity contribution >= 4 is 5.97 Å². The standard InChI is InChI=1S/C20H20O2/c21-20(22)18-14-9-7-5-3-1-2-4-6-8-11-15-19-16-12-10-13-17-19/h10,12-13,16-17H,1,3,5,7,9,14,18H2,(H,21,22). The maximum absolute atomic E-state index is 10.3. The molecule has 0 aliphatic heterocycles. The van der Waals surface area contributed by atoms with Gasteiger partial charge in [0.25, 0.3) is 0 Å². The first-order chi connectivity index (χ1) is 10.8. The lowest BCUT2D eigenvalue weighted by molar-refractivity contribution is -0.137. The molecule has 0 aliphatic rings. The lowest BCUT2D eigenvalue weighted by Crippen LogP contribution is -1.93. The van der Waals surface area contributed by atoms with Crippen LogP contribution in [0.15, 0.2) is 30.3 Å². The molecular weight excluding hydrogens is 272 g/mol. The normalized spacial score (nSPS) is 8.55. The summed E-state index contributed by atoms with van der Waals surface area (Å²) in [6, 6.07) is 9.72. The van der Waals surface area contributed by atoms with Gasteiger partial charge in [0.05, 0.1) is 0 Å². The lowest BCUT2D eigenvalue weighted by atomic mass is 10.1. The Labute approximate surface area is 132 Å². The predicted octanol–water partition coefficient (Wildman–Crippen LogP) is 3.86. The number of rotatable bonds is 7. The maximum Gasteiger partial charge on any atom is 0.303 e. The van der Waals surface area contributed by atoms with Gasteiger partial charge >= 0.3 is 5.97 Å².